The second kappa shape index (κ2) is 8.30. The zero-order valence-electron chi connectivity index (χ0n) is 14.1. The van der Waals surface area contributed by atoms with Crippen molar-refractivity contribution in [2.24, 2.45) is 5.41 Å². The quantitative estimate of drug-likeness (QED) is 0.591. The third-order valence-electron chi connectivity index (χ3n) is 3.45. The molecule has 124 valence electrons. The van der Waals surface area contributed by atoms with Crippen LogP contribution in [0.2, 0.25) is 0 Å². The fourth-order valence-electron chi connectivity index (χ4n) is 1.88. The highest BCUT2D eigenvalue weighted by Gasteiger charge is 2.35. The molecule has 1 aromatic rings. The molecule has 0 atom stereocenters. The van der Waals surface area contributed by atoms with Crippen molar-refractivity contribution in [1.82, 2.24) is 10.2 Å². The number of carbonyl (C=O) groups is 2. The first-order valence-electron chi connectivity index (χ1n) is 7.52. The molecule has 6 heteroatoms. The van der Waals surface area contributed by atoms with Crippen molar-refractivity contribution in [2.75, 3.05) is 32.5 Å². The minimum atomic E-state index is -1.19. The van der Waals surface area contributed by atoms with Crippen molar-refractivity contribution in [1.29, 1.82) is 5.26 Å². The molecule has 0 aliphatic carbocycles. The predicted molar refractivity (Wildman–Crippen MR) is 89.7 cm³/mol. The summed E-state index contributed by atoms with van der Waals surface area (Å²) in [6.45, 7) is 4.56. The molecule has 0 bridgehead atoms. The lowest BCUT2D eigenvalue weighted by Gasteiger charge is -2.23. The summed E-state index contributed by atoms with van der Waals surface area (Å²) < 4.78 is 0. The Morgan fingerprint density at radius 2 is 1.96 bits per heavy atom. The topological polar surface area (TPSA) is 85.2 Å². The Balaban J connectivity index is 2.61. The number of carbonyl (C=O) groups excluding carboxylic acids is 2. The highest BCUT2D eigenvalue weighted by molar-refractivity contribution is 6.09. The van der Waals surface area contributed by atoms with Gasteiger partial charge in [0.05, 0.1) is 11.6 Å². The Bertz CT molecular complexity index is 603. The van der Waals surface area contributed by atoms with Crippen LogP contribution in [-0.2, 0) is 9.59 Å². The summed E-state index contributed by atoms with van der Waals surface area (Å²) in [6, 6.07) is 8.60. The van der Waals surface area contributed by atoms with E-state index < -0.39 is 11.3 Å². The van der Waals surface area contributed by atoms with E-state index in [2.05, 4.69) is 10.6 Å². The van der Waals surface area contributed by atoms with Crippen LogP contribution in [0.1, 0.15) is 25.8 Å². The maximum Gasteiger partial charge on any atom is 0.239 e. The normalized spacial score (nSPS) is 11.0. The Morgan fingerprint density at radius 1 is 1.26 bits per heavy atom. The van der Waals surface area contributed by atoms with Crippen molar-refractivity contribution in [2.45, 2.75) is 20.3 Å². The minimum Gasteiger partial charge on any atom is -0.355 e. The van der Waals surface area contributed by atoms with Gasteiger partial charge in [0.2, 0.25) is 11.8 Å². The number of rotatable bonds is 7. The fraction of sp³-hybridized carbons (Fsp3) is 0.471. The van der Waals surface area contributed by atoms with Crippen LogP contribution in [0.25, 0.3) is 0 Å². The number of hydrogen-bond acceptors (Lipinski definition) is 4. The largest absolute Gasteiger partial charge is 0.355 e. The zero-order chi connectivity index (χ0) is 17.5. The van der Waals surface area contributed by atoms with Crippen molar-refractivity contribution < 1.29 is 9.59 Å². The Hall–Kier alpha value is -2.39. The van der Waals surface area contributed by atoms with Crippen LogP contribution in [0.3, 0.4) is 0 Å². The molecule has 0 heterocycles. The Kier molecular flexibility index (Phi) is 6.73. The van der Waals surface area contributed by atoms with Gasteiger partial charge in [-0.15, -0.1) is 0 Å². The van der Waals surface area contributed by atoms with E-state index in [0.717, 1.165) is 13.0 Å². The summed E-state index contributed by atoms with van der Waals surface area (Å²) in [4.78, 5) is 26.6. The summed E-state index contributed by atoms with van der Waals surface area (Å²) in [6.07, 6.45) is 0.820. The second-order valence-electron chi connectivity index (χ2n) is 6.18. The molecule has 0 saturated carbocycles. The van der Waals surface area contributed by atoms with Crippen LogP contribution in [0.15, 0.2) is 24.3 Å². The van der Waals surface area contributed by atoms with E-state index in [1.54, 1.807) is 38.1 Å². The average Bonchev–Trinajstić information content (AvgIpc) is 2.51. The van der Waals surface area contributed by atoms with Crippen LogP contribution in [0.5, 0.6) is 0 Å². The molecule has 0 aliphatic rings. The number of benzene rings is 1. The highest BCUT2D eigenvalue weighted by atomic mass is 16.2. The van der Waals surface area contributed by atoms with E-state index in [-0.39, 0.29) is 5.91 Å². The molecule has 0 spiro atoms. The molecular weight excluding hydrogens is 292 g/mol. The molecule has 0 aromatic heterocycles. The van der Waals surface area contributed by atoms with E-state index in [0.29, 0.717) is 17.8 Å². The summed E-state index contributed by atoms with van der Waals surface area (Å²) in [7, 11) is 3.93. The molecule has 0 radical (unpaired) electrons. The van der Waals surface area contributed by atoms with Gasteiger partial charge in [0.15, 0.2) is 0 Å². The predicted octanol–water partition coefficient (Wildman–Crippen LogP) is 1.59. The van der Waals surface area contributed by atoms with Gasteiger partial charge in [0.25, 0.3) is 0 Å². The molecule has 0 fully saturated rings. The van der Waals surface area contributed by atoms with Crippen LogP contribution >= 0.6 is 0 Å². The van der Waals surface area contributed by atoms with E-state index in [4.69, 9.17) is 5.26 Å². The summed E-state index contributed by atoms with van der Waals surface area (Å²) in [5, 5.41) is 14.3. The van der Waals surface area contributed by atoms with E-state index in [1.165, 1.54) is 0 Å². The Morgan fingerprint density at radius 3 is 2.57 bits per heavy atom. The molecule has 23 heavy (non-hydrogen) atoms. The van der Waals surface area contributed by atoms with Crippen molar-refractivity contribution in [3.63, 3.8) is 0 Å². The maximum atomic E-state index is 12.4. The van der Waals surface area contributed by atoms with Crippen LogP contribution in [-0.4, -0.2) is 43.9 Å². The fourth-order valence-corrected chi connectivity index (χ4v) is 1.88. The molecule has 1 rings (SSSR count). The van der Waals surface area contributed by atoms with Gasteiger partial charge in [-0.25, -0.2) is 0 Å². The zero-order valence-corrected chi connectivity index (χ0v) is 14.1. The number of nitriles is 1. The first-order chi connectivity index (χ1) is 10.8. The lowest BCUT2D eigenvalue weighted by atomic mass is 9.91. The van der Waals surface area contributed by atoms with Crippen LogP contribution < -0.4 is 10.6 Å². The van der Waals surface area contributed by atoms with Gasteiger partial charge in [0, 0.05) is 12.2 Å². The standard InChI is InChI=1S/C17H24N4O2/c1-17(2,15(22)19-9-6-10-21(3)4)16(23)20-14-8-5-7-13(11-14)12-18/h5,7-8,11H,6,9-10H2,1-4H3,(H,19,22)(H,20,23). The van der Waals surface area contributed by atoms with E-state index in [1.807, 2.05) is 25.1 Å². The first-order valence-corrected chi connectivity index (χ1v) is 7.52. The molecule has 0 unspecified atom stereocenters. The van der Waals surface area contributed by atoms with Crippen LogP contribution in [0.4, 0.5) is 5.69 Å². The maximum absolute atomic E-state index is 12.4. The third-order valence-corrected chi connectivity index (χ3v) is 3.45. The molecule has 6 nitrogen and oxygen atoms in total. The molecular formula is C17H24N4O2. The minimum absolute atomic E-state index is 0.315. The smallest absolute Gasteiger partial charge is 0.239 e. The van der Waals surface area contributed by atoms with E-state index in [9.17, 15) is 9.59 Å². The molecule has 0 aliphatic heterocycles. The molecule has 1 aromatic carbocycles. The molecule has 2 amide bonds. The highest BCUT2D eigenvalue weighted by Crippen LogP contribution is 2.19. The second-order valence-corrected chi connectivity index (χ2v) is 6.18. The SMILES string of the molecule is CN(C)CCCNC(=O)C(C)(C)C(=O)Nc1cccc(C#N)c1. The monoisotopic (exact) mass is 316 g/mol. The number of amides is 2. The molecule has 2 N–H and O–H groups in total. The van der Waals surface area contributed by atoms with Crippen molar-refractivity contribution in [3.05, 3.63) is 29.8 Å². The summed E-state index contributed by atoms with van der Waals surface area (Å²) >= 11 is 0. The van der Waals surface area contributed by atoms with Gasteiger partial charge in [-0.3, -0.25) is 9.59 Å². The van der Waals surface area contributed by atoms with Gasteiger partial charge < -0.3 is 15.5 Å². The third kappa shape index (κ3) is 5.72. The molecule has 0 saturated heterocycles. The van der Waals surface area contributed by atoms with E-state index >= 15 is 0 Å². The van der Waals surface area contributed by atoms with Gasteiger partial charge in [0.1, 0.15) is 5.41 Å². The lowest BCUT2D eigenvalue weighted by molar-refractivity contribution is -0.138. The Labute approximate surface area is 137 Å². The number of nitrogens with zero attached hydrogens (tertiary/aromatic N) is 2. The van der Waals surface area contributed by atoms with Crippen molar-refractivity contribution >= 4 is 17.5 Å². The number of hydrogen-bond donors (Lipinski definition) is 2. The van der Waals surface area contributed by atoms with Crippen LogP contribution in [0, 0.1) is 16.7 Å². The van der Waals surface area contributed by atoms with Gasteiger partial charge >= 0.3 is 0 Å². The average molecular weight is 316 g/mol. The number of nitrogens with one attached hydrogen (secondary N) is 2. The number of anilines is 1. The van der Waals surface area contributed by atoms with Gasteiger partial charge in [-0.1, -0.05) is 6.07 Å². The first kappa shape index (κ1) is 18.7. The summed E-state index contributed by atoms with van der Waals surface area (Å²) in [5.41, 5.74) is -0.239. The van der Waals surface area contributed by atoms with Gasteiger partial charge in [-0.2, -0.15) is 5.26 Å². The summed E-state index contributed by atoms with van der Waals surface area (Å²) in [5.74, 6) is -0.720. The van der Waals surface area contributed by atoms with Crippen molar-refractivity contribution in [3.8, 4) is 6.07 Å². The van der Waals surface area contributed by atoms with Gasteiger partial charge in [-0.05, 0) is 59.1 Å². The lowest BCUT2D eigenvalue weighted by Crippen LogP contribution is -2.45.